The Morgan fingerprint density at radius 1 is 0.667 bits per heavy atom. The van der Waals surface area contributed by atoms with Crippen molar-refractivity contribution in [3.05, 3.63) is 95.1 Å². The Kier molecular flexibility index (Phi) is 5.38. The van der Waals surface area contributed by atoms with E-state index in [2.05, 4.69) is 29.6 Å². The van der Waals surface area contributed by atoms with Crippen molar-refractivity contribution in [1.82, 2.24) is 5.32 Å². The van der Waals surface area contributed by atoms with Crippen molar-refractivity contribution >= 4 is 0 Å². The first-order valence-corrected chi connectivity index (χ1v) is 12.5. The van der Waals surface area contributed by atoms with E-state index in [1.807, 2.05) is 24.3 Å². The number of benzene rings is 3. The van der Waals surface area contributed by atoms with Crippen LogP contribution in [0.3, 0.4) is 0 Å². The van der Waals surface area contributed by atoms with Crippen LogP contribution < -0.4 is 5.32 Å². The molecular formula is C30H33NO2. The normalized spacial score (nSPS) is 27.8. The molecule has 0 aromatic heterocycles. The first-order valence-electron chi connectivity index (χ1n) is 12.5. The van der Waals surface area contributed by atoms with E-state index in [1.165, 1.54) is 43.2 Å². The van der Waals surface area contributed by atoms with Crippen LogP contribution in [0.4, 0.5) is 0 Å². The van der Waals surface area contributed by atoms with Gasteiger partial charge in [0.1, 0.15) is 11.5 Å². The van der Waals surface area contributed by atoms with Crippen LogP contribution in [0, 0.1) is 23.7 Å². The maximum absolute atomic E-state index is 9.86. The van der Waals surface area contributed by atoms with Gasteiger partial charge in [0.2, 0.25) is 0 Å². The third-order valence-corrected chi connectivity index (χ3v) is 8.57. The van der Waals surface area contributed by atoms with Crippen molar-refractivity contribution in [2.75, 3.05) is 0 Å². The molecule has 0 atom stereocenters. The summed E-state index contributed by atoms with van der Waals surface area (Å²) in [6.45, 7) is 0.885. The van der Waals surface area contributed by atoms with Gasteiger partial charge < -0.3 is 15.5 Å². The molecule has 4 aliphatic rings. The molecule has 4 bridgehead atoms. The topological polar surface area (TPSA) is 52.5 Å². The monoisotopic (exact) mass is 439 g/mol. The lowest BCUT2D eigenvalue weighted by Crippen LogP contribution is -2.54. The Hall–Kier alpha value is -2.78. The van der Waals surface area contributed by atoms with E-state index in [0.717, 1.165) is 41.3 Å². The lowest BCUT2D eigenvalue weighted by atomic mass is 9.54. The summed E-state index contributed by atoms with van der Waals surface area (Å²) in [5.74, 6) is 4.30. The molecule has 3 heteroatoms. The second kappa shape index (κ2) is 8.53. The van der Waals surface area contributed by atoms with Gasteiger partial charge in [0.15, 0.2) is 0 Å². The minimum atomic E-state index is 0.0442. The molecule has 3 aromatic rings. The third kappa shape index (κ3) is 4.04. The van der Waals surface area contributed by atoms with Crippen molar-refractivity contribution in [2.45, 2.75) is 50.6 Å². The van der Waals surface area contributed by atoms with E-state index in [9.17, 15) is 10.2 Å². The molecule has 0 unspecified atom stereocenters. The van der Waals surface area contributed by atoms with E-state index in [1.54, 1.807) is 24.3 Å². The van der Waals surface area contributed by atoms with Crippen LogP contribution in [0.5, 0.6) is 11.5 Å². The van der Waals surface area contributed by atoms with Gasteiger partial charge in [-0.2, -0.15) is 0 Å². The highest BCUT2D eigenvalue weighted by atomic mass is 16.3. The van der Waals surface area contributed by atoms with Crippen LogP contribution in [-0.4, -0.2) is 16.3 Å². The number of rotatable bonds is 6. The van der Waals surface area contributed by atoms with Crippen LogP contribution >= 0.6 is 0 Å². The summed E-state index contributed by atoms with van der Waals surface area (Å²) in [5, 5.41) is 23.7. The van der Waals surface area contributed by atoms with E-state index in [4.69, 9.17) is 0 Å². The summed E-state index contributed by atoms with van der Waals surface area (Å²) in [5.41, 5.74) is 4.89. The average Bonchev–Trinajstić information content (AvgIpc) is 2.82. The average molecular weight is 440 g/mol. The fourth-order valence-corrected chi connectivity index (χ4v) is 7.35. The smallest absolute Gasteiger partial charge is 0.115 e. The first-order chi connectivity index (χ1) is 16.1. The Balaban J connectivity index is 1.31. The summed E-state index contributed by atoms with van der Waals surface area (Å²) >= 11 is 0. The summed E-state index contributed by atoms with van der Waals surface area (Å²) in [6.07, 6.45) is 7.20. The van der Waals surface area contributed by atoms with E-state index in [0.29, 0.717) is 6.04 Å². The predicted molar refractivity (Wildman–Crippen MR) is 131 cm³/mol. The Morgan fingerprint density at radius 3 is 1.73 bits per heavy atom. The van der Waals surface area contributed by atoms with Crippen LogP contribution in [0.25, 0.3) is 0 Å². The van der Waals surface area contributed by atoms with Crippen molar-refractivity contribution < 1.29 is 10.2 Å². The predicted octanol–water partition coefficient (Wildman–Crippen LogP) is 6.19. The molecule has 0 aliphatic heterocycles. The van der Waals surface area contributed by atoms with Crippen molar-refractivity contribution in [2.24, 2.45) is 23.7 Å². The molecule has 3 nitrogen and oxygen atoms in total. The van der Waals surface area contributed by atoms with Gasteiger partial charge in [0.25, 0.3) is 0 Å². The highest BCUT2D eigenvalue weighted by Gasteiger charge is 2.47. The standard InChI is InChI=1S/C30H33NO2/c32-26-9-5-21(6-10-26)29(22-7-11-27(33)12-8-22)28-4-2-1-3-23(28)18-31-30-24-14-19-13-20(16-24)17-25(30)15-19/h1-12,19-20,24-25,29-33H,13-18H2. The molecular weight excluding hydrogens is 406 g/mol. The molecule has 0 radical (unpaired) electrons. The molecule has 0 amide bonds. The van der Waals surface area contributed by atoms with Gasteiger partial charge in [-0.25, -0.2) is 0 Å². The quantitative estimate of drug-likeness (QED) is 0.401. The molecule has 3 aromatic carbocycles. The van der Waals surface area contributed by atoms with E-state index < -0.39 is 0 Å². The summed E-state index contributed by atoms with van der Waals surface area (Å²) in [4.78, 5) is 0. The summed E-state index contributed by atoms with van der Waals surface area (Å²) in [6, 6.07) is 24.5. The molecule has 170 valence electrons. The maximum Gasteiger partial charge on any atom is 0.115 e. The zero-order chi connectivity index (χ0) is 22.4. The van der Waals surface area contributed by atoms with Crippen LogP contribution in [0.15, 0.2) is 72.8 Å². The Bertz CT molecular complexity index is 1030. The maximum atomic E-state index is 9.86. The number of nitrogens with one attached hydrogen (secondary N) is 1. The van der Waals surface area contributed by atoms with Gasteiger partial charge >= 0.3 is 0 Å². The molecule has 0 heterocycles. The first kappa shape index (κ1) is 20.8. The summed E-state index contributed by atoms with van der Waals surface area (Å²) in [7, 11) is 0. The van der Waals surface area contributed by atoms with Crippen molar-refractivity contribution in [1.29, 1.82) is 0 Å². The number of phenols is 2. The second-order valence-corrected chi connectivity index (χ2v) is 10.7. The molecule has 7 rings (SSSR count). The van der Waals surface area contributed by atoms with Gasteiger partial charge in [-0.3, -0.25) is 0 Å². The zero-order valence-electron chi connectivity index (χ0n) is 19.0. The van der Waals surface area contributed by atoms with Gasteiger partial charge in [-0.15, -0.1) is 0 Å². The molecule has 4 saturated carbocycles. The number of hydrogen-bond donors (Lipinski definition) is 3. The lowest BCUT2D eigenvalue weighted by molar-refractivity contribution is -0.0142. The largest absolute Gasteiger partial charge is 0.508 e. The molecule has 4 fully saturated rings. The highest BCUT2D eigenvalue weighted by molar-refractivity contribution is 5.48. The summed E-state index contributed by atoms with van der Waals surface area (Å²) < 4.78 is 0. The number of phenolic OH excluding ortho intramolecular Hbond substituents is 2. The van der Waals surface area contributed by atoms with E-state index >= 15 is 0 Å². The van der Waals surface area contributed by atoms with Crippen LogP contribution in [0.1, 0.15) is 60.3 Å². The van der Waals surface area contributed by atoms with Crippen LogP contribution in [0.2, 0.25) is 0 Å². The van der Waals surface area contributed by atoms with Gasteiger partial charge in [0.05, 0.1) is 0 Å². The Morgan fingerprint density at radius 2 is 1.18 bits per heavy atom. The van der Waals surface area contributed by atoms with Crippen molar-refractivity contribution in [3.63, 3.8) is 0 Å². The van der Waals surface area contributed by atoms with Gasteiger partial charge in [-0.1, -0.05) is 48.5 Å². The third-order valence-electron chi connectivity index (χ3n) is 8.57. The molecule has 0 saturated heterocycles. The minimum absolute atomic E-state index is 0.0442. The fraction of sp³-hybridized carbons (Fsp3) is 0.400. The van der Waals surface area contributed by atoms with Gasteiger partial charge in [0, 0.05) is 18.5 Å². The highest BCUT2D eigenvalue weighted by Crippen LogP contribution is 2.53. The van der Waals surface area contributed by atoms with Crippen molar-refractivity contribution in [3.8, 4) is 11.5 Å². The molecule has 0 spiro atoms. The molecule has 33 heavy (non-hydrogen) atoms. The van der Waals surface area contributed by atoms with Gasteiger partial charge in [-0.05, 0) is 102 Å². The molecule has 3 N–H and O–H groups in total. The SMILES string of the molecule is Oc1ccc(C(c2ccc(O)cc2)c2ccccc2CNC2C3CC4CC(C3)CC2C4)cc1. The van der Waals surface area contributed by atoms with E-state index in [-0.39, 0.29) is 17.4 Å². The number of hydrogen-bond acceptors (Lipinski definition) is 3. The second-order valence-electron chi connectivity index (χ2n) is 10.7. The Labute approximate surface area is 196 Å². The lowest BCUT2D eigenvalue weighted by Gasteiger charge is -2.54. The fourth-order valence-electron chi connectivity index (χ4n) is 7.35. The molecule has 4 aliphatic carbocycles. The minimum Gasteiger partial charge on any atom is -0.508 e. The number of aromatic hydroxyl groups is 2. The van der Waals surface area contributed by atoms with Crippen LogP contribution in [-0.2, 0) is 6.54 Å². The zero-order valence-corrected chi connectivity index (χ0v) is 19.0.